The highest BCUT2D eigenvalue weighted by Crippen LogP contribution is 2.68. The Bertz CT molecular complexity index is 997. The van der Waals surface area contributed by atoms with Gasteiger partial charge in [0.25, 0.3) is 0 Å². The number of hydrogen-bond donors (Lipinski definition) is 2. The average Bonchev–Trinajstić information content (AvgIpc) is 3.21. The van der Waals surface area contributed by atoms with Crippen LogP contribution in [-0.2, 0) is 20.9 Å². The Kier molecular flexibility index (Phi) is 7.31. The van der Waals surface area contributed by atoms with Crippen LogP contribution in [0.4, 0.5) is 0 Å². The summed E-state index contributed by atoms with van der Waals surface area (Å²) in [5, 5.41) is 11.6. The monoisotopic (exact) mass is 499 g/mol. The molecule has 192 valence electrons. The van der Waals surface area contributed by atoms with Gasteiger partial charge in [0.05, 0.1) is 11.9 Å². The van der Waals surface area contributed by atoms with Crippen molar-refractivity contribution >= 4 is 23.5 Å². The Hall–Kier alpha value is -1.63. The number of benzene rings is 1. The highest BCUT2D eigenvalue weighted by atomic mass is 32.2. The normalized spacial score (nSPS) is 41.0. The maximum atomic E-state index is 13.5. The van der Waals surface area contributed by atoms with Crippen LogP contribution in [-0.4, -0.2) is 34.8 Å². The van der Waals surface area contributed by atoms with Crippen LogP contribution in [0.5, 0.6) is 0 Å². The van der Waals surface area contributed by atoms with Crippen molar-refractivity contribution in [1.29, 1.82) is 0 Å². The summed E-state index contributed by atoms with van der Waals surface area (Å²) in [4.78, 5) is 27.7. The zero-order valence-corrected chi connectivity index (χ0v) is 22.4. The van der Waals surface area contributed by atoms with Crippen LogP contribution in [0.15, 0.2) is 41.8 Å². The number of ketones is 1. The lowest BCUT2D eigenvalue weighted by atomic mass is 9.44. The third-order valence-electron chi connectivity index (χ3n) is 10.1. The van der Waals surface area contributed by atoms with Crippen LogP contribution >= 0.6 is 11.8 Å². The second-order valence-electron chi connectivity index (χ2n) is 11.7. The van der Waals surface area contributed by atoms with Gasteiger partial charge in [-0.2, -0.15) is 0 Å². The molecule has 8 atom stereocenters. The lowest BCUT2D eigenvalue weighted by Crippen LogP contribution is -2.63. The number of aliphatic hydroxyl groups excluding tert-OH is 1. The minimum atomic E-state index is -0.652. The average molecular weight is 500 g/mol. The van der Waals surface area contributed by atoms with Gasteiger partial charge in [-0.25, -0.2) is 0 Å². The van der Waals surface area contributed by atoms with Crippen molar-refractivity contribution < 1.29 is 19.4 Å². The molecule has 1 aromatic rings. The molecule has 0 aromatic heterocycles. The summed E-state index contributed by atoms with van der Waals surface area (Å²) in [6.45, 7) is 13.0. The van der Waals surface area contributed by atoms with Gasteiger partial charge in [-0.15, -0.1) is 18.3 Å². The highest BCUT2D eigenvalue weighted by Gasteiger charge is 2.68. The van der Waals surface area contributed by atoms with E-state index in [2.05, 4.69) is 27.4 Å². The summed E-state index contributed by atoms with van der Waals surface area (Å²) in [5.41, 5.74) is 5.42. The summed E-state index contributed by atoms with van der Waals surface area (Å²) in [7, 11) is 0. The molecule has 4 rings (SSSR count). The van der Waals surface area contributed by atoms with Crippen LogP contribution in [0.2, 0.25) is 0 Å². The first-order valence-corrected chi connectivity index (χ1v) is 14.0. The maximum absolute atomic E-state index is 13.5. The molecule has 0 heterocycles. The number of carbonyl (C=O) groups is 2. The van der Waals surface area contributed by atoms with Gasteiger partial charge in [0, 0.05) is 34.6 Å². The van der Waals surface area contributed by atoms with E-state index in [1.165, 1.54) is 11.8 Å². The van der Waals surface area contributed by atoms with Crippen molar-refractivity contribution in [3.63, 3.8) is 0 Å². The Labute approximate surface area is 214 Å². The van der Waals surface area contributed by atoms with Crippen LogP contribution in [0, 0.1) is 34.0 Å². The third kappa shape index (κ3) is 4.30. The molecular formula is C29H41NO4S. The SMILES string of the molecule is C=C[C@]1(C)C[C@@H](OC(=O)CSc2cccc(CN)c2)[C@]2(C)C(C)CCC3(CCC(=O)C32)[C@@H](C)[C@@H]1O. The Morgan fingerprint density at radius 3 is 2.74 bits per heavy atom. The highest BCUT2D eigenvalue weighted by molar-refractivity contribution is 8.00. The van der Waals surface area contributed by atoms with Crippen molar-refractivity contribution in [3.8, 4) is 0 Å². The lowest BCUT2D eigenvalue weighted by molar-refractivity contribution is -0.205. The van der Waals surface area contributed by atoms with Crippen molar-refractivity contribution in [3.05, 3.63) is 42.5 Å². The van der Waals surface area contributed by atoms with E-state index >= 15 is 0 Å². The molecule has 3 fully saturated rings. The quantitative estimate of drug-likeness (QED) is 0.320. The molecule has 3 unspecified atom stereocenters. The van der Waals surface area contributed by atoms with Gasteiger partial charge in [-0.1, -0.05) is 45.9 Å². The molecule has 5 nitrogen and oxygen atoms in total. The summed E-state index contributed by atoms with van der Waals surface area (Å²) < 4.78 is 6.30. The van der Waals surface area contributed by atoms with Crippen LogP contribution < -0.4 is 5.73 Å². The van der Waals surface area contributed by atoms with E-state index in [-0.39, 0.29) is 40.7 Å². The zero-order chi connectivity index (χ0) is 25.6. The predicted molar refractivity (Wildman–Crippen MR) is 140 cm³/mol. The van der Waals surface area contributed by atoms with E-state index < -0.39 is 23.0 Å². The number of ether oxygens (including phenoxy) is 1. The largest absolute Gasteiger partial charge is 0.461 e. The minimum Gasteiger partial charge on any atom is -0.461 e. The molecular weight excluding hydrogens is 458 g/mol. The van der Waals surface area contributed by atoms with Gasteiger partial charge in [0.2, 0.25) is 0 Å². The van der Waals surface area contributed by atoms with E-state index in [4.69, 9.17) is 10.5 Å². The number of rotatable bonds is 6. The van der Waals surface area contributed by atoms with Crippen molar-refractivity contribution in [2.75, 3.05) is 5.75 Å². The van der Waals surface area contributed by atoms with E-state index in [1.807, 2.05) is 37.3 Å². The lowest BCUT2D eigenvalue weighted by Gasteiger charge is -2.61. The van der Waals surface area contributed by atoms with Gasteiger partial charge in [0.1, 0.15) is 11.9 Å². The number of carbonyl (C=O) groups excluding carboxylic acids is 2. The van der Waals surface area contributed by atoms with Crippen molar-refractivity contribution in [1.82, 2.24) is 0 Å². The number of Topliss-reactive ketones (excluding diaryl/α,β-unsaturated/α-hetero) is 1. The fourth-order valence-corrected chi connectivity index (χ4v) is 8.36. The predicted octanol–water partition coefficient (Wildman–Crippen LogP) is 5.14. The third-order valence-corrected chi connectivity index (χ3v) is 11.0. The Morgan fingerprint density at radius 2 is 2.06 bits per heavy atom. The maximum Gasteiger partial charge on any atom is 0.316 e. The zero-order valence-electron chi connectivity index (χ0n) is 21.6. The van der Waals surface area contributed by atoms with Crippen molar-refractivity contribution in [2.45, 2.75) is 83.4 Å². The van der Waals surface area contributed by atoms with E-state index in [9.17, 15) is 14.7 Å². The molecule has 3 aliphatic carbocycles. The Balaban J connectivity index is 1.66. The smallest absolute Gasteiger partial charge is 0.316 e. The molecule has 0 radical (unpaired) electrons. The number of aliphatic hydroxyl groups is 1. The van der Waals surface area contributed by atoms with Gasteiger partial charge in [-0.3, -0.25) is 9.59 Å². The molecule has 3 N–H and O–H groups in total. The van der Waals surface area contributed by atoms with Crippen LogP contribution in [0.1, 0.15) is 65.4 Å². The molecule has 1 aromatic carbocycles. The molecule has 3 aliphatic rings. The molecule has 0 saturated heterocycles. The van der Waals surface area contributed by atoms with Gasteiger partial charge in [0.15, 0.2) is 0 Å². The first-order chi connectivity index (χ1) is 16.5. The first kappa shape index (κ1) is 26.4. The molecule has 0 amide bonds. The fraction of sp³-hybridized carbons (Fsp3) is 0.655. The second-order valence-corrected chi connectivity index (χ2v) is 12.8. The number of thioether (sulfide) groups is 1. The van der Waals surface area contributed by atoms with Gasteiger partial charge < -0.3 is 15.6 Å². The molecule has 0 aliphatic heterocycles. The minimum absolute atomic E-state index is 0.0317. The Morgan fingerprint density at radius 1 is 1.31 bits per heavy atom. The summed E-state index contributed by atoms with van der Waals surface area (Å²) in [6, 6.07) is 7.88. The number of hydrogen-bond acceptors (Lipinski definition) is 6. The fourth-order valence-electron chi connectivity index (χ4n) is 7.60. The van der Waals surface area contributed by atoms with Gasteiger partial charge in [-0.05, 0) is 60.6 Å². The van der Waals surface area contributed by atoms with Crippen LogP contribution in [0.25, 0.3) is 0 Å². The molecule has 0 spiro atoms. The molecule has 3 saturated carbocycles. The summed E-state index contributed by atoms with van der Waals surface area (Å²) >= 11 is 1.44. The molecule has 2 bridgehead atoms. The standard InChI is InChI=1S/C29H41NO4S/c1-6-27(4)15-23(34-24(32)17-35-21-9-7-8-20(14-21)16-30)28(5)18(2)10-12-29(19(3)26(27)33)13-11-22(31)25(28)29/h6-9,14,18-19,23,25-26,33H,1,10-13,15-17,30H2,2-5H3/t18?,19-,23+,25?,26-,27+,28-,29?/m0/s1. The number of esters is 1. The topological polar surface area (TPSA) is 89.6 Å². The summed E-state index contributed by atoms with van der Waals surface area (Å²) in [5.74, 6) is 0.158. The van der Waals surface area contributed by atoms with Gasteiger partial charge >= 0.3 is 5.97 Å². The van der Waals surface area contributed by atoms with E-state index in [1.54, 1.807) is 0 Å². The van der Waals surface area contributed by atoms with Crippen LogP contribution in [0.3, 0.4) is 0 Å². The van der Waals surface area contributed by atoms with Crippen molar-refractivity contribution in [2.24, 2.45) is 39.7 Å². The number of nitrogens with two attached hydrogens (primary N) is 1. The second kappa shape index (κ2) is 9.68. The molecule has 6 heteroatoms. The van der Waals surface area contributed by atoms with E-state index in [0.29, 0.717) is 19.4 Å². The summed E-state index contributed by atoms with van der Waals surface area (Å²) in [6.07, 6.45) is 4.41. The molecule has 35 heavy (non-hydrogen) atoms. The van der Waals surface area contributed by atoms with E-state index in [0.717, 1.165) is 29.7 Å². The first-order valence-electron chi connectivity index (χ1n) is 13.0.